The lowest BCUT2D eigenvalue weighted by Gasteiger charge is -2.21. The fraction of sp³-hybridized carbons (Fsp3) is 0.700. The molecule has 1 heterocycles. The predicted molar refractivity (Wildman–Crippen MR) is 56.5 cm³/mol. The molecule has 0 aromatic carbocycles. The first-order chi connectivity index (χ1) is 7.23. The zero-order valence-electron chi connectivity index (χ0n) is 9.73. The fourth-order valence-electron chi connectivity index (χ4n) is 1.59. The SMILES string of the molecule is CC(C)(C)C1=C(CCC(=O)O)C(O)N(N)O1. The monoisotopic (exact) mass is 230 g/mol. The number of nitrogens with two attached hydrogens (primary N) is 1. The Labute approximate surface area is 94.2 Å². The number of aliphatic hydroxyl groups is 1. The molecule has 0 saturated heterocycles. The minimum Gasteiger partial charge on any atom is -0.481 e. The van der Waals surface area contributed by atoms with Gasteiger partial charge in [-0.15, -0.1) is 0 Å². The van der Waals surface area contributed by atoms with Gasteiger partial charge in [0.05, 0.1) is 0 Å². The van der Waals surface area contributed by atoms with Gasteiger partial charge < -0.3 is 15.1 Å². The van der Waals surface area contributed by atoms with Crippen molar-refractivity contribution in [3.8, 4) is 0 Å². The summed E-state index contributed by atoms with van der Waals surface area (Å²) >= 11 is 0. The number of nitrogens with zero attached hydrogens (tertiary/aromatic N) is 1. The minimum absolute atomic E-state index is 0.0524. The van der Waals surface area contributed by atoms with Crippen LogP contribution >= 0.6 is 0 Å². The highest BCUT2D eigenvalue weighted by atomic mass is 16.7. The van der Waals surface area contributed by atoms with Crippen LogP contribution in [0.1, 0.15) is 33.6 Å². The Balaban J connectivity index is 2.90. The first-order valence-corrected chi connectivity index (χ1v) is 5.08. The number of carboxylic acids is 1. The average molecular weight is 230 g/mol. The van der Waals surface area contributed by atoms with Crippen molar-refractivity contribution in [1.29, 1.82) is 0 Å². The van der Waals surface area contributed by atoms with Crippen LogP contribution in [0.15, 0.2) is 11.3 Å². The second-order valence-electron chi connectivity index (χ2n) is 4.82. The largest absolute Gasteiger partial charge is 0.481 e. The van der Waals surface area contributed by atoms with Gasteiger partial charge in [-0.2, -0.15) is 0 Å². The summed E-state index contributed by atoms with van der Waals surface area (Å²) in [4.78, 5) is 15.7. The first kappa shape index (κ1) is 13.0. The molecule has 0 aromatic rings. The Kier molecular flexibility index (Phi) is 3.57. The molecule has 1 aliphatic rings. The molecular formula is C10H18N2O4. The molecule has 0 fully saturated rings. The van der Waals surface area contributed by atoms with E-state index < -0.39 is 12.2 Å². The van der Waals surface area contributed by atoms with E-state index in [2.05, 4.69) is 0 Å². The summed E-state index contributed by atoms with van der Waals surface area (Å²) in [5.41, 5.74) is 0.223. The minimum atomic E-state index is -1.06. The van der Waals surface area contributed by atoms with Crippen LogP contribution in [0, 0.1) is 5.41 Å². The van der Waals surface area contributed by atoms with E-state index in [1.807, 2.05) is 20.8 Å². The molecular weight excluding hydrogens is 212 g/mol. The standard InChI is InChI=1S/C10H18N2O4/c1-10(2,3)8-6(4-5-7(13)14)9(15)12(11)16-8/h9,15H,4-5,11H2,1-3H3,(H,13,14). The second-order valence-corrected chi connectivity index (χ2v) is 4.82. The van der Waals surface area contributed by atoms with Crippen molar-refractivity contribution in [3.63, 3.8) is 0 Å². The van der Waals surface area contributed by atoms with Crippen LogP contribution in [-0.2, 0) is 9.63 Å². The van der Waals surface area contributed by atoms with Crippen LogP contribution < -0.4 is 5.84 Å². The molecule has 1 rings (SSSR count). The molecule has 0 radical (unpaired) electrons. The quantitative estimate of drug-likeness (QED) is 0.614. The van der Waals surface area contributed by atoms with E-state index in [9.17, 15) is 9.90 Å². The third-order valence-corrected chi connectivity index (χ3v) is 2.33. The molecule has 1 aliphatic heterocycles. The maximum Gasteiger partial charge on any atom is 0.303 e. The van der Waals surface area contributed by atoms with Crippen molar-refractivity contribution in [1.82, 2.24) is 5.17 Å². The molecule has 0 spiro atoms. The van der Waals surface area contributed by atoms with Gasteiger partial charge in [0.25, 0.3) is 0 Å². The van der Waals surface area contributed by atoms with Crippen LogP contribution in [0.3, 0.4) is 0 Å². The van der Waals surface area contributed by atoms with Gasteiger partial charge in [0.1, 0.15) is 5.76 Å². The lowest BCUT2D eigenvalue weighted by atomic mass is 9.89. The molecule has 4 N–H and O–H groups in total. The van der Waals surface area contributed by atoms with Crippen LogP contribution in [0.5, 0.6) is 0 Å². The van der Waals surface area contributed by atoms with Crippen LogP contribution in [0.4, 0.5) is 0 Å². The van der Waals surface area contributed by atoms with Crippen LogP contribution in [-0.4, -0.2) is 27.6 Å². The third kappa shape index (κ3) is 2.72. The summed E-state index contributed by atoms with van der Waals surface area (Å²) in [5.74, 6) is 5.07. The number of hydrazine groups is 1. The number of aliphatic hydroxyl groups excluding tert-OH is 1. The number of hydroxylamine groups is 1. The summed E-state index contributed by atoms with van der Waals surface area (Å²) < 4.78 is 0. The van der Waals surface area contributed by atoms with Gasteiger partial charge in [-0.25, -0.2) is 5.84 Å². The zero-order chi connectivity index (χ0) is 12.5. The Morgan fingerprint density at radius 2 is 2.12 bits per heavy atom. The number of aliphatic carboxylic acids is 1. The van der Waals surface area contributed by atoms with E-state index in [4.69, 9.17) is 15.8 Å². The van der Waals surface area contributed by atoms with Gasteiger partial charge in [0.15, 0.2) is 6.23 Å². The van der Waals surface area contributed by atoms with Gasteiger partial charge in [0.2, 0.25) is 0 Å². The van der Waals surface area contributed by atoms with E-state index >= 15 is 0 Å². The van der Waals surface area contributed by atoms with E-state index in [-0.39, 0.29) is 18.3 Å². The first-order valence-electron chi connectivity index (χ1n) is 5.08. The van der Waals surface area contributed by atoms with E-state index in [0.29, 0.717) is 11.3 Å². The number of rotatable bonds is 3. The van der Waals surface area contributed by atoms with Gasteiger partial charge in [0, 0.05) is 17.4 Å². The summed E-state index contributed by atoms with van der Waals surface area (Å²) in [6, 6.07) is 0. The van der Waals surface area contributed by atoms with Gasteiger partial charge in [-0.3, -0.25) is 4.79 Å². The topological polar surface area (TPSA) is 96.0 Å². The summed E-state index contributed by atoms with van der Waals surface area (Å²) in [5, 5.41) is 19.2. The number of carboxylic acid groups (broad SMARTS) is 1. The lowest BCUT2D eigenvalue weighted by Crippen LogP contribution is -2.36. The number of allylic oxidation sites excluding steroid dienone is 1. The van der Waals surface area contributed by atoms with Crippen molar-refractivity contribution >= 4 is 5.97 Å². The summed E-state index contributed by atoms with van der Waals surface area (Å²) in [6.45, 7) is 5.74. The highest BCUT2D eigenvalue weighted by Gasteiger charge is 2.37. The highest BCUT2D eigenvalue weighted by molar-refractivity contribution is 5.67. The fourth-order valence-corrected chi connectivity index (χ4v) is 1.59. The second kappa shape index (κ2) is 4.40. The smallest absolute Gasteiger partial charge is 0.303 e. The van der Waals surface area contributed by atoms with Crippen LogP contribution in [0.2, 0.25) is 0 Å². The molecule has 0 aromatic heterocycles. The van der Waals surface area contributed by atoms with Gasteiger partial charge >= 0.3 is 5.97 Å². The van der Waals surface area contributed by atoms with Gasteiger partial charge in [-0.05, 0) is 11.6 Å². The Hall–Kier alpha value is -1.11. The van der Waals surface area contributed by atoms with E-state index in [1.165, 1.54) is 0 Å². The van der Waals surface area contributed by atoms with Crippen molar-refractivity contribution in [2.24, 2.45) is 11.3 Å². The van der Waals surface area contributed by atoms with Gasteiger partial charge in [-0.1, -0.05) is 20.8 Å². The van der Waals surface area contributed by atoms with E-state index in [0.717, 1.165) is 5.17 Å². The molecule has 0 aliphatic carbocycles. The number of carbonyl (C=O) groups is 1. The number of hydrogen-bond donors (Lipinski definition) is 3. The molecule has 92 valence electrons. The Morgan fingerprint density at radius 1 is 1.56 bits per heavy atom. The molecule has 1 atom stereocenters. The van der Waals surface area contributed by atoms with Crippen molar-refractivity contribution < 1.29 is 19.8 Å². The molecule has 6 nitrogen and oxygen atoms in total. The highest BCUT2D eigenvalue weighted by Crippen LogP contribution is 2.37. The summed E-state index contributed by atoms with van der Waals surface area (Å²) in [6.07, 6.45) is -0.881. The van der Waals surface area contributed by atoms with Crippen molar-refractivity contribution in [2.75, 3.05) is 0 Å². The maximum absolute atomic E-state index is 10.5. The Morgan fingerprint density at radius 3 is 2.56 bits per heavy atom. The number of hydrogen-bond acceptors (Lipinski definition) is 5. The van der Waals surface area contributed by atoms with Crippen molar-refractivity contribution in [3.05, 3.63) is 11.3 Å². The lowest BCUT2D eigenvalue weighted by molar-refractivity contribution is -0.183. The molecule has 0 amide bonds. The molecule has 0 saturated carbocycles. The zero-order valence-corrected chi connectivity index (χ0v) is 9.73. The summed E-state index contributed by atoms with van der Waals surface area (Å²) in [7, 11) is 0. The van der Waals surface area contributed by atoms with Crippen LogP contribution in [0.25, 0.3) is 0 Å². The molecule has 0 bridgehead atoms. The Bertz CT molecular complexity index is 319. The normalized spacial score (nSPS) is 22.4. The van der Waals surface area contributed by atoms with Crippen molar-refractivity contribution in [2.45, 2.75) is 39.8 Å². The predicted octanol–water partition coefficient (Wildman–Crippen LogP) is 0.591. The molecule has 6 heteroatoms. The third-order valence-electron chi connectivity index (χ3n) is 2.33. The van der Waals surface area contributed by atoms with E-state index in [1.54, 1.807) is 0 Å². The molecule has 1 unspecified atom stereocenters. The molecule has 16 heavy (non-hydrogen) atoms. The average Bonchev–Trinajstić information content (AvgIpc) is 2.40. The maximum atomic E-state index is 10.5.